The molecule has 1 aliphatic rings. The van der Waals surface area contributed by atoms with Crippen LogP contribution >= 0.6 is 11.6 Å². The summed E-state index contributed by atoms with van der Waals surface area (Å²) < 4.78 is 11.3. The van der Waals surface area contributed by atoms with Crippen molar-refractivity contribution in [1.29, 1.82) is 0 Å². The van der Waals surface area contributed by atoms with E-state index >= 15 is 0 Å². The van der Waals surface area contributed by atoms with E-state index in [0.29, 0.717) is 0 Å². The molecule has 0 unspecified atom stereocenters. The Balaban J connectivity index is 1.73. The second kappa shape index (κ2) is 4.14. The van der Waals surface area contributed by atoms with Gasteiger partial charge in [-0.25, -0.2) is 0 Å². The van der Waals surface area contributed by atoms with Crippen LogP contribution in [0.15, 0.2) is 59.5 Å². The van der Waals surface area contributed by atoms with E-state index in [1.54, 1.807) is 11.6 Å². The molecule has 0 bridgehead atoms. The van der Waals surface area contributed by atoms with Gasteiger partial charge in [0.15, 0.2) is 0 Å². The SMILES string of the molecule is c1ccc(SB2Oc3ccccc3O2)cc1. The van der Waals surface area contributed by atoms with Gasteiger partial charge in [-0.3, -0.25) is 0 Å². The summed E-state index contributed by atoms with van der Waals surface area (Å²) in [5.41, 5.74) is 0. The van der Waals surface area contributed by atoms with Gasteiger partial charge in [-0.1, -0.05) is 41.9 Å². The van der Waals surface area contributed by atoms with Gasteiger partial charge in [-0.2, -0.15) is 0 Å². The molecule has 0 N–H and O–H groups in total. The van der Waals surface area contributed by atoms with Gasteiger partial charge in [0.1, 0.15) is 11.5 Å². The van der Waals surface area contributed by atoms with E-state index in [4.69, 9.17) is 9.31 Å². The van der Waals surface area contributed by atoms with Gasteiger partial charge in [-0.05, 0) is 24.3 Å². The molecule has 4 heteroatoms. The van der Waals surface area contributed by atoms with Crippen molar-refractivity contribution in [2.24, 2.45) is 0 Å². The van der Waals surface area contributed by atoms with Crippen molar-refractivity contribution >= 4 is 18.0 Å². The maximum Gasteiger partial charge on any atom is 0.676 e. The molecule has 0 amide bonds. The van der Waals surface area contributed by atoms with Gasteiger partial charge in [0.2, 0.25) is 0 Å². The minimum atomic E-state index is -0.278. The summed E-state index contributed by atoms with van der Waals surface area (Å²) in [6, 6.07) is 17.8. The van der Waals surface area contributed by atoms with Crippen molar-refractivity contribution in [2.45, 2.75) is 4.90 Å². The van der Waals surface area contributed by atoms with E-state index in [0.717, 1.165) is 16.4 Å². The van der Waals surface area contributed by atoms with Gasteiger partial charge in [0.05, 0.1) is 0 Å². The Hall–Kier alpha value is -1.55. The Bertz CT molecular complexity index is 464. The first-order valence-corrected chi connectivity index (χ1v) is 5.94. The molecule has 16 heavy (non-hydrogen) atoms. The lowest BCUT2D eigenvalue weighted by atomic mass is 10.3. The quantitative estimate of drug-likeness (QED) is 0.735. The average molecular weight is 228 g/mol. The van der Waals surface area contributed by atoms with Crippen LogP contribution in [0.4, 0.5) is 0 Å². The lowest BCUT2D eigenvalue weighted by Gasteiger charge is -2.03. The van der Waals surface area contributed by atoms with Gasteiger partial charge >= 0.3 is 6.40 Å². The molecule has 0 radical (unpaired) electrons. The third kappa shape index (κ3) is 1.88. The summed E-state index contributed by atoms with van der Waals surface area (Å²) in [6.07, 6.45) is -0.278. The molecule has 1 heterocycles. The normalized spacial score (nSPS) is 12.9. The molecule has 3 rings (SSSR count). The number of rotatable bonds is 2. The first kappa shape index (κ1) is 9.66. The van der Waals surface area contributed by atoms with Crippen LogP contribution in [0.1, 0.15) is 0 Å². The summed E-state index contributed by atoms with van der Waals surface area (Å²) >= 11 is 1.56. The molecular formula is C12H9BO2S. The van der Waals surface area contributed by atoms with Crippen LogP contribution in [0.2, 0.25) is 0 Å². The Kier molecular flexibility index (Phi) is 2.50. The van der Waals surface area contributed by atoms with Crippen LogP contribution in [0.25, 0.3) is 0 Å². The minimum Gasteiger partial charge on any atom is -0.514 e. The number of fused-ring (bicyclic) bond motifs is 1. The number of para-hydroxylation sites is 2. The van der Waals surface area contributed by atoms with Crippen LogP contribution in [0.3, 0.4) is 0 Å². The van der Waals surface area contributed by atoms with E-state index in [1.165, 1.54) is 0 Å². The molecule has 78 valence electrons. The smallest absolute Gasteiger partial charge is 0.514 e. The molecule has 0 saturated heterocycles. The lowest BCUT2D eigenvalue weighted by Crippen LogP contribution is -2.19. The third-order valence-corrected chi connectivity index (χ3v) is 3.20. The van der Waals surface area contributed by atoms with Gasteiger partial charge in [0, 0.05) is 4.90 Å². The standard InChI is InChI=1S/C12H9BO2S/c1-2-6-10(7-3-1)16-13-14-11-8-4-5-9-12(11)15-13/h1-9H. The van der Waals surface area contributed by atoms with Crippen molar-refractivity contribution < 1.29 is 9.31 Å². The van der Waals surface area contributed by atoms with Gasteiger partial charge in [-0.15, -0.1) is 0 Å². The van der Waals surface area contributed by atoms with Crippen molar-refractivity contribution in [3.05, 3.63) is 54.6 Å². The zero-order valence-corrected chi connectivity index (χ0v) is 9.31. The maximum absolute atomic E-state index is 5.65. The van der Waals surface area contributed by atoms with Gasteiger partial charge in [0.25, 0.3) is 0 Å². The summed E-state index contributed by atoms with van der Waals surface area (Å²) in [5.74, 6) is 1.63. The third-order valence-electron chi connectivity index (χ3n) is 2.27. The van der Waals surface area contributed by atoms with Crippen molar-refractivity contribution in [1.82, 2.24) is 0 Å². The fraction of sp³-hybridized carbons (Fsp3) is 0. The molecule has 0 saturated carbocycles. The van der Waals surface area contributed by atoms with Crippen molar-refractivity contribution in [2.75, 3.05) is 0 Å². The van der Waals surface area contributed by atoms with E-state index in [-0.39, 0.29) is 6.40 Å². The van der Waals surface area contributed by atoms with Gasteiger partial charge < -0.3 is 9.31 Å². The summed E-state index contributed by atoms with van der Waals surface area (Å²) in [5, 5.41) is 0. The highest BCUT2D eigenvalue weighted by atomic mass is 32.2. The first-order valence-electron chi connectivity index (χ1n) is 5.06. The number of benzene rings is 2. The van der Waals surface area contributed by atoms with Crippen molar-refractivity contribution in [3.63, 3.8) is 0 Å². The molecule has 2 aromatic rings. The van der Waals surface area contributed by atoms with Crippen LogP contribution in [0, 0.1) is 0 Å². The summed E-state index contributed by atoms with van der Waals surface area (Å²) in [6.45, 7) is 0. The fourth-order valence-corrected chi connectivity index (χ4v) is 2.37. The fourth-order valence-electron chi connectivity index (χ4n) is 1.53. The summed E-state index contributed by atoms with van der Waals surface area (Å²) in [7, 11) is 0. The molecule has 2 nitrogen and oxygen atoms in total. The molecule has 0 fully saturated rings. The van der Waals surface area contributed by atoms with Crippen LogP contribution in [0.5, 0.6) is 11.5 Å². The first-order chi connectivity index (χ1) is 7.92. The highest BCUT2D eigenvalue weighted by molar-refractivity contribution is 8.24. The predicted octanol–water partition coefficient (Wildman–Crippen LogP) is 3.24. The molecule has 0 atom stereocenters. The molecular weight excluding hydrogens is 219 g/mol. The zero-order chi connectivity index (χ0) is 10.8. The van der Waals surface area contributed by atoms with E-state index in [9.17, 15) is 0 Å². The second-order valence-corrected chi connectivity index (χ2v) is 4.49. The zero-order valence-electron chi connectivity index (χ0n) is 8.50. The van der Waals surface area contributed by atoms with E-state index in [2.05, 4.69) is 0 Å². The summed E-state index contributed by atoms with van der Waals surface area (Å²) in [4.78, 5) is 1.14. The van der Waals surface area contributed by atoms with Crippen LogP contribution < -0.4 is 9.31 Å². The Labute approximate surface area is 98.6 Å². The highest BCUT2D eigenvalue weighted by Gasteiger charge is 2.33. The van der Waals surface area contributed by atoms with E-state index < -0.39 is 0 Å². The highest BCUT2D eigenvalue weighted by Crippen LogP contribution is 2.37. The topological polar surface area (TPSA) is 18.5 Å². The maximum atomic E-state index is 5.65. The largest absolute Gasteiger partial charge is 0.676 e. The Morgan fingerprint density at radius 2 is 1.31 bits per heavy atom. The molecule has 2 aromatic carbocycles. The average Bonchev–Trinajstić information content (AvgIpc) is 2.72. The predicted molar refractivity (Wildman–Crippen MR) is 65.8 cm³/mol. The molecule has 0 aliphatic carbocycles. The number of hydrogen-bond acceptors (Lipinski definition) is 3. The molecule has 0 aromatic heterocycles. The van der Waals surface area contributed by atoms with Crippen LogP contribution in [-0.4, -0.2) is 6.40 Å². The number of hydrogen-bond donors (Lipinski definition) is 0. The Morgan fingerprint density at radius 1 is 0.750 bits per heavy atom. The molecule has 1 aliphatic heterocycles. The monoisotopic (exact) mass is 228 g/mol. The van der Waals surface area contributed by atoms with Crippen molar-refractivity contribution in [3.8, 4) is 11.5 Å². The van der Waals surface area contributed by atoms with Crippen LogP contribution in [-0.2, 0) is 0 Å². The lowest BCUT2D eigenvalue weighted by molar-refractivity contribution is 0.531. The minimum absolute atomic E-state index is 0.278. The Morgan fingerprint density at radius 3 is 1.94 bits per heavy atom. The second-order valence-electron chi connectivity index (χ2n) is 3.40. The van der Waals surface area contributed by atoms with E-state index in [1.807, 2.05) is 54.6 Å². The molecule has 0 spiro atoms.